The summed E-state index contributed by atoms with van der Waals surface area (Å²) < 4.78 is 31.4. The van der Waals surface area contributed by atoms with Crippen LogP contribution in [0.5, 0.6) is 5.75 Å². The molecule has 2 aliphatic heterocycles. The van der Waals surface area contributed by atoms with E-state index in [0.717, 1.165) is 12.5 Å². The van der Waals surface area contributed by atoms with Crippen LogP contribution in [0.1, 0.15) is 44.9 Å². The molecule has 3 unspecified atom stereocenters. The van der Waals surface area contributed by atoms with Gasteiger partial charge in [-0.05, 0) is 44.9 Å². The minimum Gasteiger partial charge on any atom is -0.487 e. The van der Waals surface area contributed by atoms with Crippen molar-refractivity contribution < 1.29 is 27.9 Å². The van der Waals surface area contributed by atoms with Crippen molar-refractivity contribution in [1.29, 1.82) is 0 Å². The highest BCUT2D eigenvalue weighted by Crippen LogP contribution is 2.36. The molecule has 2 amide bonds. The Morgan fingerprint density at radius 1 is 1.33 bits per heavy atom. The number of hydrogen-bond acceptors (Lipinski definition) is 5. The maximum Gasteiger partial charge on any atom is 0.278 e. The second-order valence-electron chi connectivity index (χ2n) is 8.84. The lowest BCUT2D eigenvalue weighted by atomic mass is 9.88. The highest BCUT2D eigenvalue weighted by atomic mass is 19.3. The molecule has 1 aromatic rings. The number of ether oxygens (including phenoxy) is 1. The predicted octanol–water partition coefficient (Wildman–Crippen LogP) is 3.23. The molecule has 0 bridgehead atoms. The first-order valence-electron chi connectivity index (χ1n) is 10.9. The van der Waals surface area contributed by atoms with E-state index >= 15 is 0 Å². The summed E-state index contributed by atoms with van der Waals surface area (Å²) in [6.45, 7) is 7.02. The van der Waals surface area contributed by atoms with Crippen LogP contribution in [0, 0.1) is 18.8 Å². The minimum atomic E-state index is -2.93. The second-order valence-corrected chi connectivity index (χ2v) is 8.84. The summed E-state index contributed by atoms with van der Waals surface area (Å²) in [5, 5.41) is 2.64. The molecular formula is C24H29F2N3O4. The fourth-order valence-electron chi connectivity index (χ4n) is 3.99. The van der Waals surface area contributed by atoms with Crippen molar-refractivity contribution in [3.05, 3.63) is 41.6 Å². The molecule has 0 radical (unpaired) electrons. The van der Waals surface area contributed by atoms with Gasteiger partial charge in [-0.1, -0.05) is 18.2 Å². The van der Waals surface area contributed by atoms with Gasteiger partial charge in [-0.25, -0.2) is 8.78 Å². The van der Waals surface area contributed by atoms with Crippen LogP contribution in [-0.4, -0.2) is 53.3 Å². The SMILES string of the molecule is CC(=O)[C@@H](C)NC(=O)C1=NC=CC2C(=O)N(C(C)c3ccc(OCC(C)(F)F)c(C)c3)CC12. The van der Waals surface area contributed by atoms with Crippen molar-refractivity contribution >= 4 is 23.3 Å². The Bertz CT molecular complexity index is 1020. The lowest BCUT2D eigenvalue weighted by Crippen LogP contribution is -2.45. The third kappa shape index (κ3) is 5.46. The number of amides is 2. The lowest BCUT2D eigenvalue weighted by Gasteiger charge is -2.26. The zero-order valence-corrected chi connectivity index (χ0v) is 19.4. The van der Waals surface area contributed by atoms with Gasteiger partial charge in [-0.15, -0.1) is 0 Å². The van der Waals surface area contributed by atoms with Crippen molar-refractivity contribution in [2.45, 2.75) is 52.6 Å². The second kappa shape index (κ2) is 9.41. The first kappa shape index (κ1) is 24.5. The molecule has 0 aromatic heterocycles. The van der Waals surface area contributed by atoms with Crippen LogP contribution in [0.15, 0.2) is 35.5 Å². The Hall–Kier alpha value is -3.10. The van der Waals surface area contributed by atoms with Crippen molar-refractivity contribution in [2.24, 2.45) is 16.8 Å². The molecule has 1 saturated heterocycles. The number of nitrogens with zero attached hydrogens (tertiary/aromatic N) is 2. The van der Waals surface area contributed by atoms with Crippen LogP contribution in [0.2, 0.25) is 0 Å². The van der Waals surface area contributed by atoms with Crippen LogP contribution in [-0.2, 0) is 14.4 Å². The number of carbonyl (C=O) groups is 3. The van der Waals surface area contributed by atoms with Gasteiger partial charge in [0, 0.05) is 25.6 Å². The molecule has 2 heterocycles. The highest BCUT2D eigenvalue weighted by Gasteiger charge is 2.46. The molecular weight excluding hydrogens is 432 g/mol. The van der Waals surface area contributed by atoms with E-state index in [4.69, 9.17) is 4.74 Å². The van der Waals surface area contributed by atoms with Crippen molar-refractivity contribution in [2.75, 3.05) is 13.2 Å². The first-order chi connectivity index (χ1) is 15.4. The normalized spacial score (nSPS) is 21.8. The van der Waals surface area contributed by atoms with Gasteiger partial charge < -0.3 is 15.0 Å². The maximum atomic E-state index is 13.1. The summed E-state index contributed by atoms with van der Waals surface area (Å²) in [6, 6.07) is 4.24. The number of alkyl halides is 2. The number of hydrogen-bond donors (Lipinski definition) is 1. The molecule has 1 fully saturated rings. The summed E-state index contributed by atoms with van der Waals surface area (Å²) in [6.07, 6.45) is 3.15. The molecule has 3 rings (SSSR count). The topological polar surface area (TPSA) is 88.1 Å². The first-order valence-corrected chi connectivity index (χ1v) is 10.9. The third-order valence-corrected chi connectivity index (χ3v) is 6.07. The maximum absolute atomic E-state index is 13.1. The zero-order valence-electron chi connectivity index (χ0n) is 19.4. The van der Waals surface area contributed by atoms with E-state index in [2.05, 4.69) is 10.3 Å². The Morgan fingerprint density at radius 3 is 2.64 bits per heavy atom. The summed E-state index contributed by atoms with van der Waals surface area (Å²) in [5.41, 5.74) is 1.75. The molecule has 2 aliphatic rings. The van der Waals surface area contributed by atoms with Gasteiger partial charge in [-0.3, -0.25) is 19.4 Å². The Kier molecular flexibility index (Phi) is 7.00. The van der Waals surface area contributed by atoms with Crippen LogP contribution < -0.4 is 10.1 Å². The van der Waals surface area contributed by atoms with E-state index in [1.807, 2.05) is 13.0 Å². The van der Waals surface area contributed by atoms with Crippen molar-refractivity contribution in [3.63, 3.8) is 0 Å². The molecule has 0 aliphatic carbocycles. The van der Waals surface area contributed by atoms with Crippen LogP contribution in [0.3, 0.4) is 0 Å². The largest absolute Gasteiger partial charge is 0.487 e. The molecule has 1 aromatic carbocycles. The van der Waals surface area contributed by atoms with E-state index in [1.165, 1.54) is 13.1 Å². The number of rotatable bonds is 8. The zero-order chi connectivity index (χ0) is 24.5. The van der Waals surface area contributed by atoms with Crippen LogP contribution in [0.4, 0.5) is 8.78 Å². The number of likely N-dealkylation sites (tertiary alicyclic amines) is 1. The number of nitrogens with one attached hydrogen (secondary N) is 1. The Labute approximate surface area is 191 Å². The van der Waals surface area contributed by atoms with Gasteiger partial charge in [0.1, 0.15) is 11.5 Å². The fourth-order valence-corrected chi connectivity index (χ4v) is 3.99. The van der Waals surface area contributed by atoms with E-state index in [0.29, 0.717) is 17.9 Å². The van der Waals surface area contributed by atoms with Crippen molar-refractivity contribution in [1.82, 2.24) is 10.2 Å². The van der Waals surface area contributed by atoms with E-state index < -0.39 is 36.3 Å². The Morgan fingerprint density at radius 2 is 2.03 bits per heavy atom. The minimum absolute atomic E-state index is 0.118. The van der Waals surface area contributed by atoms with E-state index in [1.54, 1.807) is 37.0 Å². The Balaban J connectivity index is 1.75. The molecule has 0 spiro atoms. The van der Waals surface area contributed by atoms with Crippen LogP contribution in [0.25, 0.3) is 0 Å². The number of halogens is 2. The predicted molar refractivity (Wildman–Crippen MR) is 119 cm³/mol. The van der Waals surface area contributed by atoms with Gasteiger partial charge in [0.15, 0.2) is 12.4 Å². The number of benzene rings is 1. The smallest absolute Gasteiger partial charge is 0.278 e. The average molecular weight is 462 g/mol. The quantitative estimate of drug-likeness (QED) is 0.644. The molecule has 1 N–H and O–H groups in total. The number of aliphatic imine (C=N–C) groups is 1. The summed E-state index contributed by atoms with van der Waals surface area (Å²) in [7, 11) is 0. The standard InChI is InChI=1S/C24H29F2N3O4/c1-13-10-17(6-7-20(13)33-12-24(5,25)26)15(3)29-11-19-18(23(29)32)8-9-27-21(19)22(31)28-14(2)16(4)30/h6-10,14-15,18-19H,11-12H2,1-5H3,(H,28,31)/t14-,15?,18?,19?/m1/s1. The lowest BCUT2D eigenvalue weighted by molar-refractivity contribution is -0.131. The van der Waals surface area contributed by atoms with Crippen molar-refractivity contribution in [3.8, 4) is 5.75 Å². The number of aryl methyl sites for hydroxylation is 1. The molecule has 0 saturated carbocycles. The average Bonchev–Trinajstić information content (AvgIpc) is 3.08. The van der Waals surface area contributed by atoms with Crippen LogP contribution >= 0.6 is 0 Å². The third-order valence-electron chi connectivity index (χ3n) is 6.07. The number of carbonyl (C=O) groups excluding carboxylic acids is 3. The van der Waals surface area contributed by atoms with Gasteiger partial charge in [0.25, 0.3) is 11.8 Å². The molecule has 4 atom stereocenters. The van der Waals surface area contributed by atoms with Gasteiger partial charge in [-0.2, -0.15) is 0 Å². The number of ketones is 1. The van der Waals surface area contributed by atoms with Gasteiger partial charge in [0.2, 0.25) is 5.91 Å². The van der Waals surface area contributed by atoms with E-state index in [9.17, 15) is 23.2 Å². The van der Waals surface area contributed by atoms with Gasteiger partial charge in [0.05, 0.1) is 18.0 Å². The number of fused-ring (bicyclic) bond motifs is 1. The summed E-state index contributed by atoms with van der Waals surface area (Å²) >= 11 is 0. The molecule has 33 heavy (non-hydrogen) atoms. The fraction of sp³-hybridized carbons (Fsp3) is 0.500. The summed E-state index contributed by atoms with van der Waals surface area (Å²) in [4.78, 5) is 43.2. The summed E-state index contributed by atoms with van der Waals surface area (Å²) in [5.74, 6) is -4.24. The molecule has 178 valence electrons. The monoisotopic (exact) mass is 461 g/mol. The number of Topliss-reactive ketones (excluding diaryl/α,β-unsaturated/α-hetero) is 1. The molecule has 7 nitrogen and oxygen atoms in total. The highest BCUT2D eigenvalue weighted by molar-refractivity contribution is 6.41. The van der Waals surface area contributed by atoms with E-state index in [-0.39, 0.29) is 23.4 Å². The molecule has 9 heteroatoms. The van der Waals surface area contributed by atoms with Gasteiger partial charge >= 0.3 is 0 Å².